The zero-order chi connectivity index (χ0) is 14.8. The Bertz CT molecular complexity index is 707. The molecule has 6 heteroatoms. The molecule has 0 fully saturated rings. The van der Waals surface area contributed by atoms with E-state index in [0.717, 1.165) is 28.3 Å². The van der Waals surface area contributed by atoms with E-state index in [1.807, 2.05) is 13.0 Å². The summed E-state index contributed by atoms with van der Waals surface area (Å²) in [6.07, 6.45) is 0. The molecule has 0 saturated carbocycles. The number of amidine groups is 1. The Morgan fingerprint density at radius 3 is 2.76 bits per heavy atom. The van der Waals surface area contributed by atoms with Gasteiger partial charge in [-0.2, -0.15) is 0 Å². The Morgan fingerprint density at radius 1 is 1.33 bits per heavy atom. The number of rotatable bonds is 2. The molecule has 0 aliphatic carbocycles. The highest BCUT2D eigenvalue weighted by Crippen LogP contribution is 2.32. The summed E-state index contributed by atoms with van der Waals surface area (Å²) in [5.74, 6) is 0.520. The largest absolute Gasteiger partial charge is 0.301 e. The summed E-state index contributed by atoms with van der Waals surface area (Å²) in [6, 6.07) is 8.18. The predicted octanol–water partition coefficient (Wildman–Crippen LogP) is 3.70. The summed E-state index contributed by atoms with van der Waals surface area (Å²) in [4.78, 5) is 18.0. The number of aliphatic imine (C=N–C) groups is 1. The van der Waals surface area contributed by atoms with Crippen molar-refractivity contribution in [3.63, 3.8) is 0 Å². The van der Waals surface area contributed by atoms with Gasteiger partial charge < -0.3 is 5.32 Å². The summed E-state index contributed by atoms with van der Waals surface area (Å²) in [5, 5.41) is 3.51. The van der Waals surface area contributed by atoms with E-state index in [2.05, 4.69) is 10.3 Å². The molecule has 0 radical (unpaired) electrons. The second kappa shape index (κ2) is 5.99. The molecule has 0 saturated heterocycles. The van der Waals surface area contributed by atoms with Gasteiger partial charge in [-0.3, -0.25) is 9.79 Å². The number of benzene rings is 1. The lowest BCUT2D eigenvalue weighted by atomic mass is 10.1. The van der Waals surface area contributed by atoms with Gasteiger partial charge in [-0.05, 0) is 36.2 Å². The maximum absolute atomic E-state index is 13.0. The zero-order valence-electron chi connectivity index (χ0n) is 11.4. The van der Waals surface area contributed by atoms with Crippen molar-refractivity contribution in [1.82, 2.24) is 5.32 Å². The number of amides is 1. The van der Waals surface area contributed by atoms with Crippen molar-refractivity contribution in [2.24, 2.45) is 4.99 Å². The molecule has 0 unspecified atom stereocenters. The molecule has 2 heterocycles. The Labute approximate surface area is 130 Å². The molecule has 108 valence electrons. The minimum absolute atomic E-state index is 0.135. The molecule has 0 bridgehead atoms. The molecular weight excluding hydrogens is 307 g/mol. The molecule has 1 aliphatic heterocycles. The third-order valence-electron chi connectivity index (χ3n) is 3.05. The molecule has 21 heavy (non-hydrogen) atoms. The first-order valence-electron chi connectivity index (χ1n) is 6.48. The predicted molar refractivity (Wildman–Crippen MR) is 86.7 cm³/mol. The van der Waals surface area contributed by atoms with Gasteiger partial charge in [-0.25, -0.2) is 4.39 Å². The first-order chi connectivity index (χ1) is 10.1. The van der Waals surface area contributed by atoms with E-state index in [1.165, 1.54) is 23.5 Å². The normalized spacial score (nSPS) is 14.1. The van der Waals surface area contributed by atoms with Crippen molar-refractivity contribution < 1.29 is 9.18 Å². The molecule has 0 atom stereocenters. The number of carbonyl (C=O) groups is 1. The third-order valence-corrected chi connectivity index (χ3v) is 5.23. The van der Waals surface area contributed by atoms with Crippen LogP contribution in [0.2, 0.25) is 0 Å². The molecule has 1 aliphatic rings. The SMILES string of the molecule is Cc1cc(C(=O)NC2=NCCS2)sc1-c1ccc(F)cc1. The van der Waals surface area contributed by atoms with E-state index in [9.17, 15) is 9.18 Å². The highest BCUT2D eigenvalue weighted by Gasteiger charge is 2.16. The lowest BCUT2D eigenvalue weighted by molar-refractivity contribution is 0.0982. The van der Waals surface area contributed by atoms with Crippen molar-refractivity contribution in [3.05, 3.63) is 46.6 Å². The molecule has 1 aromatic carbocycles. The number of thiophene rings is 1. The van der Waals surface area contributed by atoms with E-state index in [1.54, 1.807) is 23.9 Å². The molecule has 1 amide bonds. The average molecular weight is 320 g/mol. The van der Waals surface area contributed by atoms with Gasteiger partial charge in [0.25, 0.3) is 5.91 Å². The van der Waals surface area contributed by atoms with Crippen LogP contribution in [0.5, 0.6) is 0 Å². The molecule has 1 N–H and O–H groups in total. The number of aryl methyl sites for hydroxylation is 1. The van der Waals surface area contributed by atoms with E-state index in [0.29, 0.717) is 10.0 Å². The molecule has 2 aromatic rings. The smallest absolute Gasteiger partial charge is 0.267 e. The van der Waals surface area contributed by atoms with Gasteiger partial charge in [0.05, 0.1) is 11.4 Å². The number of thioether (sulfide) groups is 1. The first kappa shape index (κ1) is 14.3. The summed E-state index contributed by atoms with van der Waals surface area (Å²) < 4.78 is 13.0. The summed E-state index contributed by atoms with van der Waals surface area (Å²) >= 11 is 2.97. The van der Waals surface area contributed by atoms with Gasteiger partial charge in [-0.1, -0.05) is 23.9 Å². The van der Waals surface area contributed by atoms with E-state index in [4.69, 9.17) is 0 Å². The minimum atomic E-state index is -0.262. The highest BCUT2D eigenvalue weighted by molar-refractivity contribution is 8.14. The highest BCUT2D eigenvalue weighted by atomic mass is 32.2. The van der Waals surface area contributed by atoms with Crippen LogP contribution in [0.1, 0.15) is 15.2 Å². The monoisotopic (exact) mass is 320 g/mol. The lowest BCUT2D eigenvalue weighted by Crippen LogP contribution is -2.26. The van der Waals surface area contributed by atoms with Crippen LogP contribution < -0.4 is 5.32 Å². The molecule has 0 spiro atoms. The average Bonchev–Trinajstić information content (AvgIpc) is 3.09. The first-order valence-corrected chi connectivity index (χ1v) is 8.28. The Hall–Kier alpha value is -1.66. The number of halogens is 1. The Balaban J connectivity index is 1.83. The van der Waals surface area contributed by atoms with Crippen molar-refractivity contribution >= 4 is 34.2 Å². The number of hydrogen-bond acceptors (Lipinski definition) is 4. The van der Waals surface area contributed by atoms with Crippen LogP contribution >= 0.6 is 23.1 Å². The van der Waals surface area contributed by atoms with Gasteiger partial charge in [0, 0.05) is 10.6 Å². The van der Waals surface area contributed by atoms with Crippen LogP contribution in [0.4, 0.5) is 4.39 Å². The number of nitrogens with zero attached hydrogens (tertiary/aromatic N) is 1. The number of carbonyl (C=O) groups excluding carboxylic acids is 1. The van der Waals surface area contributed by atoms with Gasteiger partial charge in [0.2, 0.25) is 0 Å². The van der Waals surface area contributed by atoms with Gasteiger partial charge in [-0.15, -0.1) is 11.3 Å². The third kappa shape index (κ3) is 3.16. The molecular formula is C15H13FN2OS2. The lowest BCUT2D eigenvalue weighted by Gasteiger charge is -2.01. The van der Waals surface area contributed by atoms with Crippen LogP contribution in [-0.2, 0) is 0 Å². The molecule has 1 aromatic heterocycles. The quantitative estimate of drug-likeness (QED) is 0.917. The fraction of sp³-hybridized carbons (Fsp3) is 0.200. The Kier molecular flexibility index (Phi) is 4.07. The van der Waals surface area contributed by atoms with E-state index >= 15 is 0 Å². The maximum Gasteiger partial charge on any atom is 0.267 e. The zero-order valence-corrected chi connectivity index (χ0v) is 13.0. The summed E-state index contributed by atoms with van der Waals surface area (Å²) in [6.45, 7) is 2.71. The topological polar surface area (TPSA) is 41.5 Å². The van der Waals surface area contributed by atoms with Crippen molar-refractivity contribution in [2.45, 2.75) is 6.92 Å². The summed E-state index contributed by atoms with van der Waals surface area (Å²) in [5.41, 5.74) is 1.93. The van der Waals surface area contributed by atoms with Gasteiger partial charge >= 0.3 is 0 Å². The second-order valence-electron chi connectivity index (χ2n) is 4.62. The van der Waals surface area contributed by atoms with Crippen LogP contribution in [0.15, 0.2) is 35.3 Å². The molecule has 3 rings (SSSR count). The molecule has 3 nitrogen and oxygen atoms in total. The number of nitrogens with one attached hydrogen (secondary N) is 1. The van der Waals surface area contributed by atoms with Crippen LogP contribution in [-0.4, -0.2) is 23.4 Å². The van der Waals surface area contributed by atoms with Crippen LogP contribution in [0.25, 0.3) is 10.4 Å². The van der Waals surface area contributed by atoms with Gasteiger partial charge in [0.15, 0.2) is 5.17 Å². The number of hydrogen-bond donors (Lipinski definition) is 1. The van der Waals surface area contributed by atoms with Crippen molar-refractivity contribution in [2.75, 3.05) is 12.3 Å². The van der Waals surface area contributed by atoms with E-state index < -0.39 is 0 Å². The maximum atomic E-state index is 13.0. The fourth-order valence-corrected chi connectivity index (χ4v) is 3.85. The standard InChI is InChI=1S/C15H13FN2OS2/c1-9-8-12(14(19)18-15-17-6-7-20-15)21-13(9)10-2-4-11(16)5-3-10/h2-5,8H,6-7H2,1H3,(H,17,18,19). The fourth-order valence-electron chi connectivity index (χ4n) is 2.05. The van der Waals surface area contributed by atoms with E-state index in [-0.39, 0.29) is 11.7 Å². The second-order valence-corrected chi connectivity index (χ2v) is 6.75. The van der Waals surface area contributed by atoms with Crippen molar-refractivity contribution in [3.8, 4) is 10.4 Å². The van der Waals surface area contributed by atoms with Gasteiger partial charge in [0.1, 0.15) is 5.82 Å². The summed E-state index contributed by atoms with van der Waals surface area (Å²) in [7, 11) is 0. The van der Waals surface area contributed by atoms with Crippen molar-refractivity contribution in [1.29, 1.82) is 0 Å². The van der Waals surface area contributed by atoms with Crippen LogP contribution in [0.3, 0.4) is 0 Å². The minimum Gasteiger partial charge on any atom is -0.301 e. The van der Waals surface area contributed by atoms with Crippen LogP contribution in [0, 0.1) is 12.7 Å². The Morgan fingerprint density at radius 2 is 2.10 bits per heavy atom.